The number of nitrogens with zero attached hydrogens (tertiary/aromatic N) is 2. The number of hydrogen-bond acceptors (Lipinski definition) is 4. The summed E-state index contributed by atoms with van der Waals surface area (Å²) in [5, 5.41) is 0. The molecule has 0 unspecified atom stereocenters. The lowest BCUT2D eigenvalue weighted by molar-refractivity contribution is -0.132. The minimum Gasteiger partial charge on any atom is -0.497 e. The molecular formula is C24H30N2O3. The molecule has 1 aliphatic heterocycles. The first-order chi connectivity index (χ1) is 14.2. The third kappa shape index (κ3) is 6.43. The van der Waals surface area contributed by atoms with Crippen LogP contribution in [0.2, 0.25) is 0 Å². The Morgan fingerprint density at radius 3 is 2.24 bits per heavy atom. The molecule has 1 amide bonds. The Bertz CT molecular complexity index is 782. The van der Waals surface area contributed by atoms with Crippen molar-refractivity contribution in [1.82, 2.24) is 9.80 Å². The molecule has 0 bridgehead atoms. The highest BCUT2D eigenvalue weighted by Crippen LogP contribution is 2.13. The monoisotopic (exact) mass is 394 g/mol. The van der Waals surface area contributed by atoms with Crippen LogP contribution in [-0.2, 0) is 11.2 Å². The van der Waals surface area contributed by atoms with E-state index < -0.39 is 0 Å². The van der Waals surface area contributed by atoms with Gasteiger partial charge in [0.1, 0.15) is 5.75 Å². The number of piperazine rings is 1. The number of carbonyl (C=O) groups is 2. The van der Waals surface area contributed by atoms with Gasteiger partial charge < -0.3 is 9.64 Å². The first kappa shape index (κ1) is 21.1. The molecule has 0 aliphatic carbocycles. The van der Waals surface area contributed by atoms with Crippen molar-refractivity contribution in [3.63, 3.8) is 0 Å². The standard InChI is InChI=1S/C24H30N2O3/c1-29-22-13-11-21(12-14-22)23(27)19-25-15-17-26(18-16-25)24(28)10-6-5-9-20-7-3-2-4-8-20/h2-4,7-8,11-14H,5-6,9-10,15-19H2,1H3. The van der Waals surface area contributed by atoms with E-state index in [9.17, 15) is 9.59 Å². The molecule has 3 rings (SSSR count). The van der Waals surface area contributed by atoms with E-state index in [1.54, 1.807) is 19.2 Å². The van der Waals surface area contributed by atoms with Crippen LogP contribution in [0.4, 0.5) is 0 Å². The summed E-state index contributed by atoms with van der Waals surface area (Å²) in [6.45, 7) is 3.29. The Morgan fingerprint density at radius 1 is 0.897 bits per heavy atom. The van der Waals surface area contributed by atoms with Crippen molar-refractivity contribution in [3.05, 3.63) is 65.7 Å². The summed E-state index contributed by atoms with van der Waals surface area (Å²) in [4.78, 5) is 29.0. The number of benzene rings is 2. The number of methoxy groups -OCH3 is 1. The van der Waals surface area contributed by atoms with E-state index >= 15 is 0 Å². The zero-order chi connectivity index (χ0) is 20.5. The summed E-state index contributed by atoms with van der Waals surface area (Å²) in [6, 6.07) is 17.6. The summed E-state index contributed by atoms with van der Waals surface area (Å²) >= 11 is 0. The molecule has 2 aromatic rings. The van der Waals surface area contributed by atoms with Gasteiger partial charge in [-0.15, -0.1) is 0 Å². The molecule has 1 fully saturated rings. The molecule has 154 valence electrons. The first-order valence-electron chi connectivity index (χ1n) is 10.4. The molecule has 1 aliphatic rings. The summed E-state index contributed by atoms with van der Waals surface area (Å²) in [7, 11) is 1.61. The van der Waals surface area contributed by atoms with Crippen LogP contribution in [0.15, 0.2) is 54.6 Å². The Labute approximate surface area is 173 Å². The number of ether oxygens (including phenoxy) is 1. The Hall–Kier alpha value is -2.66. The van der Waals surface area contributed by atoms with E-state index in [1.165, 1.54) is 5.56 Å². The van der Waals surface area contributed by atoms with Crippen LogP contribution in [0.5, 0.6) is 5.75 Å². The molecule has 0 saturated carbocycles. The molecule has 1 saturated heterocycles. The second-order valence-corrected chi connectivity index (χ2v) is 7.50. The lowest BCUT2D eigenvalue weighted by Gasteiger charge is -2.34. The minimum absolute atomic E-state index is 0.105. The van der Waals surface area contributed by atoms with E-state index in [0.717, 1.165) is 38.1 Å². The predicted octanol–water partition coefficient (Wildman–Crippen LogP) is 3.44. The molecule has 1 heterocycles. The van der Waals surface area contributed by atoms with Crippen LogP contribution in [-0.4, -0.2) is 61.3 Å². The molecule has 0 aromatic heterocycles. The van der Waals surface area contributed by atoms with E-state index in [4.69, 9.17) is 4.74 Å². The molecule has 29 heavy (non-hydrogen) atoms. The van der Waals surface area contributed by atoms with Crippen molar-refractivity contribution in [3.8, 4) is 5.75 Å². The van der Waals surface area contributed by atoms with E-state index in [2.05, 4.69) is 29.2 Å². The highest BCUT2D eigenvalue weighted by molar-refractivity contribution is 5.97. The van der Waals surface area contributed by atoms with Gasteiger partial charge in [-0.3, -0.25) is 14.5 Å². The fourth-order valence-corrected chi connectivity index (χ4v) is 3.63. The fraction of sp³-hybridized carbons (Fsp3) is 0.417. The van der Waals surface area contributed by atoms with Crippen molar-refractivity contribution in [2.75, 3.05) is 39.8 Å². The summed E-state index contributed by atoms with van der Waals surface area (Å²) in [5.74, 6) is 1.09. The second-order valence-electron chi connectivity index (χ2n) is 7.50. The molecule has 2 aromatic carbocycles. The molecule has 0 spiro atoms. The SMILES string of the molecule is COc1ccc(C(=O)CN2CCN(C(=O)CCCCc3ccccc3)CC2)cc1. The number of unbranched alkanes of at least 4 members (excludes halogenated alkanes) is 1. The van der Waals surface area contributed by atoms with Crippen molar-refractivity contribution in [1.29, 1.82) is 0 Å². The molecule has 0 radical (unpaired) electrons. The summed E-state index contributed by atoms with van der Waals surface area (Å²) in [6.07, 6.45) is 3.59. The van der Waals surface area contributed by atoms with Crippen molar-refractivity contribution >= 4 is 11.7 Å². The Morgan fingerprint density at radius 2 is 1.59 bits per heavy atom. The molecule has 0 atom stereocenters. The zero-order valence-corrected chi connectivity index (χ0v) is 17.2. The van der Waals surface area contributed by atoms with Gasteiger partial charge in [0, 0.05) is 38.2 Å². The smallest absolute Gasteiger partial charge is 0.222 e. The number of aryl methyl sites for hydroxylation is 1. The lowest BCUT2D eigenvalue weighted by Crippen LogP contribution is -2.49. The molecule has 0 N–H and O–H groups in total. The summed E-state index contributed by atoms with van der Waals surface area (Å²) in [5.41, 5.74) is 2.03. The van der Waals surface area contributed by atoms with E-state index in [0.29, 0.717) is 31.6 Å². The highest BCUT2D eigenvalue weighted by atomic mass is 16.5. The van der Waals surface area contributed by atoms with Gasteiger partial charge in [-0.1, -0.05) is 30.3 Å². The van der Waals surface area contributed by atoms with Crippen molar-refractivity contribution < 1.29 is 14.3 Å². The van der Waals surface area contributed by atoms with Gasteiger partial charge in [-0.25, -0.2) is 0 Å². The third-order valence-electron chi connectivity index (χ3n) is 5.45. The lowest BCUT2D eigenvalue weighted by atomic mass is 10.1. The van der Waals surface area contributed by atoms with Crippen molar-refractivity contribution in [2.24, 2.45) is 0 Å². The maximum Gasteiger partial charge on any atom is 0.222 e. The average molecular weight is 395 g/mol. The van der Waals surface area contributed by atoms with Crippen LogP contribution in [0.3, 0.4) is 0 Å². The van der Waals surface area contributed by atoms with E-state index in [1.807, 2.05) is 23.1 Å². The quantitative estimate of drug-likeness (QED) is 0.483. The van der Waals surface area contributed by atoms with Crippen LogP contribution < -0.4 is 4.74 Å². The van der Waals surface area contributed by atoms with Gasteiger partial charge in [0.2, 0.25) is 5.91 Å². The molecule has 5 heteroatoms. The van der Waals surface area contributed by atoms with Gasteiger partial charge in [0.05, 0.1) is 13.7 Å². The van der Waals surface area contributed by atoms with Crippen LogP contribution in [0.1, 0.15) is 35.2 Å². The Kier molecular flexibility index (Phi) is 7.82. The number of amides is 1. The number of hydrogen-bond donors (Lipinski definition) is 0. The number of rotatable bonds is 9. The highest BCUT2D eigenvalue weighted by Gasteiger charge is 2.22. The fourth-order valence-electron chi connectivity index (χ4n) is 3.63. The topological polar surface area (TPSA) is 49.9 Å². The normalized spacial score (nSPS) is 14.6. The van der Waals surface area contributed by atoms with Crippen LogP contribution >= 0.6 is 0 Å². The summed E-state index contributed by atoms with van der Waals surface area (Å²) < 4.78 is 5.13. The number of carbonyl (C=O) groups excluding carboxylic acids is 2. The zero-order valence-electron chi connectivity index (χ0n) is 17.2. The maximum atomic E-state index is 12.5. The largest absolute Gasteiger partial charge is 0.497 e. The van der Waals surface area contributed by atoms with Gasteiger partial charge in [0.15, 0.2) is 5.78 Å². The van der Waals surface area contributed by atoms with E-state index in [-0.39, 0.29) is 11.7 Å². The van der Waals surface area contributed by atoms with Crippen LogP contribution in [0.25, 0.3) is 0 Å². The van der Waals surface area contributed by atoms with Crippen LogP contribution in [0, 0.1) is 0 Å². The Balaban J connectivity index is 1.34. The average Bonchev–Trinajstić information content (AvgIpc) is 2.78. The number of ketones is 1. The third-order valence-corrected chi connectivity index (χ3v) is 5.45. The number of Topliss-reactive ketones (excluding diaryl/α,β-unsaturated/α-hetero) is 1. The maximum absolute atomic E-state index is 12.5. The van der Waals surface area contributed by atoms with Gasteiger partial charge >= 0.3 is 0 Å². The minimum atomic E-state index is 0.105. The van der Waals surface area contributed by atoms with Gasteiger partial charge in [-0.05, 0) is 49.1 Å². The second kappa shape index (κ2) is 10.8. The molecular weight excluding hydrogens is 364 g/mol. The van der Waals surface area contributed by atoms with Crippen molar-refractivity contribution in [2.45, 2.75) is 25.7 Å². The first-order valence-corrected chi connectivity index (χ1v) is 10.4. The van der Waals surface area contributed by atoms with Gasteiger partial charge in [-0.2, -0.15) is 0 Å². The molecule has 5 nitrogen and oxygen atoms in total. The predicted molar refractivity (Wildman–Crippen MR) is 114 cm³/mol. The van der Waals surface area contributed by atoms with Gasteiger partial charge in [0.25, 0.3) is 0 Å².